The maximum absolute atomic E-state index is 5.06. The van der Waals surface area contributed by atoms with Crippen molar-refractivity contribution in [2.24, 2.45) is 4.99 Å². The summed E-state index contributed by atoms with van der Waals surface area (Å²) in [7, 11) is 1.64. The molecule has 1 aromatic carbocycles. The summed E-state index contributed by atoms with van der Waals surface area (Å²) in [6.07, 6.45) is 4.99. The van der Waals surface area contributed by atoms with Crippen LogP contribution < -0.4 is 4.74 Å². The molecule has 0 saturated carbocycles. The van der Waals surface area contributed by atoms with E-state index in [0.29, 0.717) is 5.82 Å². The first-order valence-corrected chi connectivity index (χ1v) is 4.83. The van der Waals surface area contributed by atoms with Gasteiger partial charge in [0.05, 0.1) is 19.0 Å². The number of hydrogen-bond acceptors (Lipinski definition) is 4. The molecule has 0 fully saturated rings. The van der Waals surface area contributed by atoms with Crippen LogP contribution in [0.15, 0.2) is 47.7 Å². The first kappa shape index (κ1) is 10.3. The SMILES string of the molecule is COc1ccc(N=Cc2ncccn2)cc1. The lowest BCUT2D eigenvalue weighted by atomic mass is 10.3. The molecule has 0 amide bonds. The second-order valence-electron chi connectivity index (χ2n) is 3.06. The van der Waals surface area contributed by atoms with Crippen LogP contribution in [-0.2, 0) is 0 Å². The van der Waals surface area contributed by atoms with Gasteiger partial charge in [0.15, 0.2) is 5.82 Å². The number of aliphatic imine (C=N–C) groups is 1. The van der Waals surface area contributed by atoms with Gasteiger partial charge in [0.1, 0.15) is 5.75 Å². The maximum atomic E-state index is 5.06. The zero-order chi connectivity index (χ0) is 11.2. The van der Waals surface area contributed by atoms with Crippen molar-refractivity contribution >= 4 is 11.9 Å². The third kappa shape index (κ3) is 2.63. The molecule has 0 N–H and O–H groups in total. The van der Waals surface area contributed by atoms with Gasteiger partial charge in [0.25, 0.3) is 0 Å². The minimum atomic E-state index is 0.596. The van der Waals surface area contributed by atoms with E-state index in [0.717, 1.165) is 11.4 Å². The summed E-state index contributed by atoms with van der Waals surface area (Å²) in [6, 6.07) is 9.23. The van der Waals surface area contributed by atoms with Gasteiger partial charge >= 0.3 is 0 Å². The molecule has 2 rings (SSSR count). The molecular weight excluding hydrogens is 202 g/mol. The molecular formula is C12H11N3O. The minimum Gasteiger partial charge on any atom is -0.497 e. The van der Waals surface area contributed by atoms with Crippen LogP contribution in [0.1, 0.15) is 5.82 Å². The van der Waals surface area contributed by atoms with E-state index in [1.54, 1.807) is 31.8 Å². The Labute approximate surface area is 93.7 Å². The van der Waals surface area contributed by atoms with Gasteiger partial charge < -0.3 is 4.74 Å². The lowest BCUT2D eigenvalue weighted by Crippen LogP contribution is -1.89. The van der Waals surface area contributed by atoms with E-state index in [2.05, 4.69) is 15.0 Å². The van der Waals surface area contributed by atoms with Gasteiger partial charge in [-0.05, 0) is 30.3 Å². The van der Waals surface area contributed by atoms with Crippen molar-refractivity contribution in [3.05, 3.63) is 48.5 Å². The van der Waals surface area contributed by atoms with Crippen molar-refractivity contribution in [2.45, 2.75) is 0 Å². The number of benzene rings is 1. The van der Waals surface area contributed by atoms with Crippen molar-refractivity contribution in [1.82, 2.24) is 9.97 Å². The highest BCUT2D eigenvalue weighted by molar-refractivity contribution is 5.77. The van der Waals surface area contributed by atoms with Crippen LogP contribution in [0.25, 0.3) is 0 Å². The van der Waals surface area contributed by atoms with Crippen molar-refractivity contribution in [3.8, 4) is 5.75 Å². The summed E-state index contributed by atoms with van der Waals surface area (Å²) in [5, 5.41) is 0. The Bertz CT molecular complexity index is 465. The van der Waals surface area contributed by atoms with E-state index in [4.69, 9.17) is 4.74 Å². The van der Waals surface area contributed by atoms with Crippen LogP contribution in [0, 0.1) is 0 Å². The predicted octanol–water partition coefficient (Wildman–Crippen LogP) is 2.24. The fraction of sp³-hybridized carbons (Fsp3) is 0.0833. The van der Waals surface area contributed by atoms with E-state index < -0.39 is 0 Å². The van der Waals surface area contributed by atoms with Gasteiger partial charge in [-0.2, -0.15) is 0 Å². The molecule has 1 aromatic heterocycles. The number of aromatic nitrogens is 2. The molecule has 16 heavy (non-hydrogen) atoms. The zero-order valence-corrected chi connectivity index (χ0v) is 8.87. The van der Waals surface area contributed by atoms with E-state index >= 15 is 0 Å². The Morgan fingerprint density at radius 3 is 2.44 bits per heavy atom. The highest BCUT2D eigenvalue weighted by atomic mass is 16.5. The second kappa shape index (κ2) is 5.02. The summed E-state index contributed by atoms with van der Waals surface area (Å²) in [5.41, 5.74) is 0.841. The highest BCUT2D eigenvalue weighted by Crippen LogP contribution is 2.17. The largest absolute Gasteiger partial charge is 0.497 e. The number of hydrogen-bond donors (Lipinski definition) is 0. The molecule has 1 heterocycles. The molecule has 0 aliphatic rings. The number of nitrogens with zero attached hydrogens (tertiary/aromatic N) is 3. The summed E-state index contributed by atoms with van der Waals surface area (Å²) < 4.78 is 5.06. The third-order valence-electron chi connectivity index (χ3n) is 1.99. The van der Waals surface area contributed by atoms with E-state index in [-0.39, 0.29) is 0 Å². The first-order valence-electron chi connectivity index (χ1n) is 4.83. The second-order valence-corrected chi connectivity index (χ2v) is 3.06. The molecule has 0 spiro atoms. The van der Waals surface area contributed by atoms with Crippen LogP contribution in [0.2, 0.25) is 0 Å². The standard InChI is InChI=1S/C12H11N3O/c1-16-11-5-3-10(4-6-11)15-9-12-13-7-2-8-14-12/h2-9H,1H3. The van der Waals surface area contributed by atoms with Crippen molar-refractivity contribution < 1.29 is 4.74 Å². The van der Waals surface area contributed by atoms with Gasteiger partial charge in [-0.25, -0.2) is 9.97 Å². The quantitative estimate of drug-likeness (QED) is 0.734. The maximum Gasteiger partial charge on any atom is 0.170 e. The third-order valence-corrected chi connectivity index (χ3v) is 1.99. The van der Waals surface area contributed by atoms with Crippen LogP contribution in [-0.4, -0.2) is 23.3 Å². The molecule has 4 nitrogen and oxygen atoms in total. The average molecular weight is 213 g/mol. The Kier molecular flexibility index (Phi) is 3.23. The average Bonchev–Trinajstić information content (AvgIpc) is 2.38. The van der Waals surface area contributed by atoms with Crippen LogP contribution in [0.4, 0.5) is 5.69 Å². The van der Waals surface area contributed by atoms with E-state index in [1.165, 1.54) is 0 Å². The van der Waals surface area contributed by atoms with Crippen LogP contribution in [0.5, 0.6) is 5.75 Å². The smallest absolute Gasteiger partial charge is 0.170 e. The van der Waals surface area contributed by atoms with Gasteiger partial charge in [-0.1, -0.05) is 0 Å². The Hall–Kier alpha value is -2.23. The molecule has 0 bridgehead atoms. The van der Waals surface area contributed by atoms with Crippen molar-refractivity contribution in [1.29, 1.82) is 0 Å². The fourth-order valence-electron chi connectivity index (χ4n) is 1.18. The van der Waals surface area contributed by atoms with Crippen LogP contribution in [0.3, 0.4) is 0 Å². The molecule has 0 aliphatic carbocycles. The van der Waals surface area contributed by atoms with Gasteiger partial charge in [0.2, 0.25) is 0 Å². The topological polar surface area (TPSA) is 47.4 Å². The van der Waals surface area contributed by atoms with Gasteiger partial charge in [-0.15, -0.1) is 0 Å². The Morgan fingerprint density at radius 1 is 1.12 bits per heavy atom. The monoisotopic (exact) mass is 213 g/mol. The Balaban J connectivity index is 2.12. The molecule has 80 valence electrons. The van der Waals surface area contributed by atoms with E-state index in [1.807, 2.05) is 24.3 Å². The van der Waals surface area contributed by atoms with E-state index in [9.17, 15) is 0 Å². The van der Waals surface area contributed by atoms with Gasteiger partial charge in [0, 0.05) is 12.4 Å². The summed E-state index contributed by atoms with van der Waals surface area (Å²) >= 11 is 0. The normalized spacial score (nSPS) is 10.6. The molecule has 4 heteroatoms. The lowest BCUT2D eigenvalue weighted by molar-refractivity contribution is 0.415. The molecule has 0 unspecified atom stereocenters. The molecule has 2 aromatic rings. The lowest BCUT2D eigenvalue weighted by Gasteiger charge is -1.98. The zero-order valence-electron chi connectivity index (χ0n) is 8.87. The van der Waals surface area contributed by atoms with Crippen LogP contribution >= 0.6 is 0 Å². The van der Waals surface area contributed by atoms with Crippen molar-refractivity contribution in [3.63, 3.8) is 0 Å². The highest BCUT2D eigenvalue weighted by Gasteiger charge is 1.92. The minimum absolute atomic E-state index is 0.596. The fourth-order valence-corrected chi connectivity index (χ4v) is 1.18. The number of ether oxygens (including phenoxy) is 1. The molecule has 0 saturated heterocycles. The van der Waals surface area contributed by atoms with Crippen molar-refractivity contribution in [2.75, 3.05) is 7.11 Å². The molecule has 0 radical (unpaired) electrons. The molecule has 0 aliphatic heterocycles. The summed E-state index contributed by atoms with van der Waals surface area (Å²) in [4.78, 5) is 12.3. The summed E-state index contributed by atoms with van der Waals surface area (Å²) in [5.74, 6) is 1.41. The first-order chi connectivity index (χ1) is 7.88. The number of rotatable bonds is 3. The summed E-state index contributed by atoms with van der Waals surface area (Å²) in [6.45, 7) is 0. The Morgan fingerprint density at radius 2 is 1.81 bits per heavy atom. The number of methoxy groups -OCH3 is 1. The molecule has 0 atom stereocenters. The predicted molar refractivity (Wildman–Crippen MR) is 62.3 cm³/mol. The van der Waals surface area contributed by atoms with Gasteiger partial charge in [-0.3, -0.25) is 4.99 Å².